The number of fused-ring (bicyclic) bond motifs is 2. The zero-order chi connectivity index (χ0) is 23.7. The van der Waals surface area contributed by atoms with Gasteiger partial charge in [-0.3, -0.25) is 14.8 Å². The van der Waals surface area contributed by atoms with Gasteiger partial charge in [0.1, 0.15) is 5.75 Å². The minimum Gasteiger partial charge on any atom is -0.493 e. The molecule has 0 bridgehead atoms. The maximum atomic E-state index is 13.4. The molecule has 168 valence electrons. The fourth-order valence-electron chi connectivity index (χ4n) is 4.28. The molecule has 34 heavy (non-hydrogen) atoms. The third-order valence-corrected chi connectivity index (χ3v) is 6.23. The molecule has 0 radical (unpaired) electrons. The van der Waals surface area contributed by atoms with Crippen LogP contribution in [-0.4, -0.2) is 22.5 Å². The summed E-state index contributed by atoms with van der Waals surface area (Å²) >= 11 is 12.4. The van der Waals surface area contributed by atoms with Gasteiger partial charge in [-0.05, 0) is 35.9 Å². The zero-order valence-electron chi connectivity index (χ0n) is 17.9. The number of nitrogens with zero attached hydrogens (tertiary/aromatic N) is 3. The number of hydrogen-bond donors (Lipinski definition) is 1. The lowest BCUT2D eigenvalue weighted by Gasteiger charge is -2.27. The molecule has 3 heterocycles. The summed E-state index contributed by atoms with van der Waals surface area (Å²) in [5, 5.41) is 14.3. The van der Waals surface area contributed by atoms with Crippen molar-refractivity contribution in [3.8, 4) is 23.1 Å². The van der Waals surface area contributed by atoms with E-state index in [0.717, 1.165) is 11.3 Å². The number of nitrogens with one attached hydrogen (secondary N) is 1. The molecule has 0 saturated carbocycles. The Morgan fingerprint density at radius 3 is 2.74 bits per heavy atom. The van der Waals surface area contributed by atoms with E-state index in [4.69, 9.17) is 27.9 Å². The van der Waals surface area contributed by atoms with Crippen LogP contribution in [0.15, 0.2) is 60.9 Å². The summed E-state index contributed by atoms with van der Waals surface area (Å²) < 4.78 is 5.70. The molecule has 0 aliphatic carbocycles. The molecule has 0 unspecified atom stereocenters. The van der Waals surface area contributed by atoms with Gasteiger partial charge in [-0.15, -0.1) is 0 Å². The van der Waals surface area contributed by atoms with Gasteiger partial charge >= 0.3 is 0 Å². The van der Waals surface area contributed by atoms with Crippen molar-refractivity contribution < 1.29 is 9.53 Å². The smallest absolute Gasteiger partial charge is 0.253 e. The summed E-state index contributed by atoms with van der Waals surface area (Å²) in [5.41, 5.74) is 3.74. The van der Waals surface area contributed by atoms with Crippen LogP contribution in [0.3, 0.4) is 0 Å². The molecule has 1 atom stereocenters. The Bertz CT molecular complexity index is 1450. The average Bonchev–Trinajstić information content (AvgIpc) is 2.83. The van der Waals surface area contributed by atoms with Gasteiger partial charge in [-0.2, -0.15) is 5.26 Å². The molecule has 1 amide bonds. The number of carbonyl (C=O) groups is 1. The second-order valence-electron chi connectivity index (χ2n) is 7.90. The highest BCUT2D eigenvalue weighted by atomic mass is 35.5. The number of aromatic nitrogens is 2. The first-order chi connectivity index (χ1) is 16.5. The maximum absolute atomic E-state index is 13.4. The van der Waals surface area contributed by atoms with Crippen molar-refractivity contribution in [2.75, 3.05) is 6.61 Å². The van der Waals surface area contributed by atoms with Crippen LogP contribution >= 0.6 is 23.2 Å². The van der Waals surface area contributed by atoms with Crippen molar-refractivity contribution in [2.24, 2.45) is 0 Å². The van der Waals surface area contributed by atoms with Crippen molar-refractivity contribution in [3.63, 3.8) is 0 Å². The van der Waals surface area contributed by atoms with Crippen molar-refractivity contribution in [1.29, 1.82) is 5.26 Å². The van der Waals surface area contributed by atoms with Crippen molar-refractivity contribution in [2.45, 2.75) is 18.9 Å². The monoisotopic (exact) mass is 488 g/mol. The summed E-state index contributed by atoms with van der Waals surface area (Å²) in [4.78, 5) is 22.4. The van der Waals surface area contributed by atoms with Gasteiger partial charge < -0.3 is 10.1 Å². The number of hydrogen-bond acceptors (Lipinski definition) is 5. The molecule has 8 heteroatoms. The van der Waals surface area contributed by atoms with E-state index in [1.54, 1.807) is 30.5 Å². The van der Waals surface area contributed by atoms with E-state index in [2.05, 4.69) is 21.4 Å². The van der Waals surface area contributed by atoms with Gasteiger partial charge in [0.15, 0.2) is 0 Å². The predicted molar refractivity (Wildman–Crippen MR) is 131 cm³/mol. The minimum atomic E-state index is -0.287. The number of ether oxygens (including phenoxy) is 1. The van der Waals surface area contributed by atoms with Gasteiger partial charge in [-0.1, -0.05) is 41.4 Å². The molecule has 2 aromatic heterocycles. The first-order valence-electron chi connectivity index (χ1n) is 10.7. The minimum absolute atomic E-state index is 0.0475. The molecule has 4 aromatic rings. The van der Waals surface area contributed by atoms with Crippen molar-refractivity contribution >= 4 is 40.0 Å². The Hall–Kier alpha value is -3.66. The topological polar surface area (TPSA) is 87.9 Å². The van der Waals surface area contributed by atoms with Crippen molar-refractivity contribution in [1.82, 2.24) is 15.3 Å². The van der Waals surface area contributed by atoms with Gasteiger partial charge in [0, 0.05) is 45.4 Å². The number of nitriles is 1. The SMILES string of the molecule is N#CCc1c(C(=O)N[C@H]2CCOc3ccccc32)cnc2c(-c3cc(Cl)cc(Cl)c3)nccc12. The van der Waals surface area contributed by atoms with Crippen LogP contribution in [0.2, 0.25) is 10.0 Å². The Morgan fingerprint density at radius 1 is 1.15 bits per heavy atom. The molecule has 1 aliphatic heterocycles. The van der Waals surface area contributed by atoms with Gasteiger partial charge in [0.25, 0.3) is 5.91 Å². The lowest BCUT2D eigenvalue weighted by atomic mass is 9.97. The van der Waals surface area contributed by atoms with E-state index in [-0.39, 0.29) is 18.4 Å². The van der Waals surface area contributed by atoms with Crippen LogP contribution in [0, 0.1) is 11.3 Å². The standard InChI is InChI=1S/C26H18Cl2N4O2/c27-16-11-15(12-17(28)13-16)24-25-19(6-9-30-24)18(5-8-29)21(14-31-25)26(33)32-22-7-10-34-23-4-2-1-3-20(22)23/h1-4,6,9,11-14,22H,5,7,10H2,(H,32,33)/t22-/m0/s1. The predicted octanol–water partition coefficient (Wildman–Crippen LogP) is 5.92. The number of pyridine rings is 2. The first-order valence-corrected chi connectivity index (χ1v) is 11.4. The highest BCUT2D eigenvalue weighted by Gasteiger charge is 2.25. The molecule has 1 N–H and O–H groups in total. The number of carbonyl (C=O) groups excluding carboxylic acids is 1. The average molecular weight is 489 g/mol. The van der Waals surface area contributed by atoms with Crippen LogP contribution in [0.4, 0.5) is 0 Å². The van der Waals surface area contributed by atoms with E-state index < -0.39 is 0 Å². The largest absolute Gasteiger partial charge is 0.493 e. The number of benzene rings is 2. The number of para-hydroxylation sites is 1. The van der Waals surface area contributed by atoms with Crippen LogP contribution in [0.5, 0.6) is 5.75 Å². The van der Waals surface area contributed by atoms with Crippen molar-refractivity contribution in [3.05, 3.63) is 87.7 Å². The second kappa shape index (κ2) is 9.30. The third-order valence-electron chi connectivity index (χ3n) is 5.80. The van der Waals surface area contributed by atoms with E-state index in [1.807, 2.05) is 24.3 Å². The van der Waals surface area contributed by atoms with Gasteiger partial charge in [0.05, 0.1) is 41.9 Å². The highest BCUT2D eigenvalue weighted by molar-refractivity contribution is 6.35. The summed E-state index contributed by atoms with van der Waals surface area (Å²) in [6.45, 7) is 0.514. The molecular weight excluding hydrogens is 471 g/mol. The van der Waals surface area contributed by atoms with Crippen LogP contribution in [-0.2, 0) is 6.42 Å². The normalized spacial score (nSPS) is 14.7. The van der Waals surface area contributed by atoms with Crippen LogP contribution in [0.25, 0.3) is 22.2 Å². The number of amides is 1. The fourth-order valence-corrected chi connectivity index (χ4v) is 4.80. The van der Waals surface area contributed by atoms with E-state index in [0.29, 0.717) is 56.4 Å². The molecule has 6 nitrogen and oxygen atoms in total. The summed E-state index contributed by atoms with van der Waals surface area (Å²) in [6, 6.07) is 16.6. The van der Waals surface area contributed by atoms with E-state index >= 15 is 0 Å². The molecule has 2 aromatic carbocycles. The Morgan fingerprint density at radius 2 is 1.94 bits per heavy atom. The third kappa shape index (κ3) is 4.16. The molecule has 0 spiro atoms. The lowest BCUT2D eigenvalue weighted by molar-refractivity contribution is 0.0924. The lowest BCUT2D eigenvalue weighted by Crippen LogP contribution is -2.32. The first kappa shape index (κ1) is 22.1. The van der Waals surface area contributed by atoms with Gasteiger partial charge in [0.2, 0.25) is 0 Å². The Kier molecular flexibility index (Phi) is 6.06. The Labute approximate surface area is 206 Å². The summed E-state index contributed by atoms with van der Waals surface area (Å²) in [6.07, 6.45) is 3.84. The molecule has 0 fully saturated rings. The molecular formula is C26H18Cl2N4O2. The van der Waals surface area contributed by atoms with Gasteiger partial charge in [-0.25, -0.2) is 0 Å². The fraction of sp³-hybridized carbons (Fsp3) is 0.154. The summed E-state index contributed by atoms with van der Waals surface area (Å²) in [7, 11) is 0. The summed E-state index contributed by atoms with van der Waals surface area (Å²) in [5.74, 6) is 0.481. The number of halogens is 2. The van der Waals surface area contributed by atoms with E-state index in [1.165, 1.54) is 6.20 Å². The zero-order valence-corrected chi connectivity index (χ0v) is 19.4. The molecule has 5 rings (SSSR count). The number of rotatable bonds is 4. The quantitative estimate of drug-likeness (QED) is 0.384. The molecule has 1 aliphatic rings. The Balaban J connectivity index is 1.57. The van der Waals surface area contributed by atoms with Crippen LogP contribution in [0.1, 0.15) is 33.9 Å². The molecule has 0 saturated heterocycles. The second-order valence-corrected chi connectivity index (χ2v) is 8.77. The highest BCUT2D eigenvalue weighted by Crippen LogP contribution is 2.34. The van der Waals surface area contributed by atoms with Crippen LogP contribution < -0.4 is 10.1 Å². The maximum Gasteiger partial charge on any atom is 0.253 e. The van der Waals surface area contributed by atoms with E-state index in [9.17, 15) is 10.1 Å².